The molecule has 0 bridgehead atoms. The van der Waals surface area contributed by atoms with Crippen LogP contribution in [0.25, 0.3) is 6.08 Å². The number of nitrogens with zero attached hydrogens (tertiary/aromatic N) is 3. The molecule has 1 saturated heterocycles. The summed E-state index contributed by atoms with van der Waals surface area (Å²) in [5.74, 6) is 1.06. The van der Waals surface area contributed by atoms with Crippen LogP contribution in [0.4, 0.5) is 5.69 Å². The fourth-order valence-corrected chi connectivity index (χ4v) is 3.81. The Morgan fingerprint density at radius 2 is 2.07 bits per heavy atom. The van der Waals surface area contributed by atoms with E-state index in [1.807, 2.05) is 19.1 Å². The van der Waals surface area contributed by atoms with E-state index in [1.165, 1.54) is 11.8 Å². The Kier molecular flexibility index (Phi) is 6.03. The van der Waals surface area contributed by atoms with Crippen molar-refractivity contribution < 1.29 is 14.3 Å². The van der Waals surface area contributed by atoms with Crippen LogP contribution in [0.5, 0.6) is 11.5 Å². The van der Waals surface area contributed by atoms with Crippen LogP contribution in [-0.4, -0.2) is 41.7 Å². The van der Waals surface area contributed by atoms with Crippen LogP contribution in [0.2, 0.25) is 5.15 Å². The number of pyridine rings is 1. The van der Waals surface area contributed by atoms with Gasteiger partial charge >= 0.3 is 0 Å². The number of aromatic nitrogens is 1. The van der Waals surface area contributed by atoms with Gasteiger partial charge in [0, 0.05) is 18.3 Å². The van der Waals surface area contributed by atoms with E-state index in [2.05, 4.69) is 9.98 Å². The fraction of sp³-hybridized carbons (Fsp3) is 0.211. The summed E-state index contributed by atoms with van der Waals surface area (Å²) >= 11 is 7.38. The monoisotopic (exact) mass is 403 g/mol. The molecule has 1 aliphatic rings. The predicted molar refractivity (Wildman–Crippen MR) is 109 cm³/mol. The van der Waals surface area contributed by atoms with Crippen LogP contribution in [0.1, 0.15) is 12.5 Å². The number of halogens is 1. The van der Waals surface area contributed by atoms with Crippen LogP contribution in [-0.2, 0) is 4.79 Å². The quantitative estimate of drug-likeness (QED) is 0.547. The maximum Gasteiger partial charge on any atom is 0.266 e. The molecule has 1 fully saturated rings. The highest BCUT2D eigenvalue weighted by Crippen LogP contribution is 2.38. The molecular formula is C19H18ClN3O3S. The van der Waals surface area contributed by atoms with E-state index >= 15 is 0 Å². The van der Waals surface area contributed by atoms with E-state index in [-0.39, 0.29) is 5.91 Å². The average Bonchev–Trinajstić information content (AvgIpc) is 2.97. The summed E-state index contributed by atoms with van der Waals surface area (Å²) < 4.78 is 10.8. The Hall–Kier alpha value is -2.51. The zero-order valence-electron chi connectivity index (χ0n) is 15.1. The van der Waals surface area contributed by atoms with Crippen LogP contribution in [0, 0.1) is 0 Å². The average molecular weight is 404 g/mol. The molecule has 2 heterocycles. The maximum absolute atomic E-state index is 12.8. The van der Waals surface area contributed by atoms with Crippen molar-refractivity contribution in [1.82, 2.24) is 9.88 Å². The molecule has 0 atom stereocenters. The van der Waals surface area contributed by atoms with Crippen molar-refractivity contribution in [3.8, 4) is 11.5 Å². The second-order valence-corrected chi connectivity index (χ2v) is 6.82. The van der Waals surface area contributed by atoms with Crippen molar-refractivity contribution in [2.24, 2.45) is 4.99 Å². The molecular weight excluding hydrogens is 386 g/mol. The molecule has 0 N–H and O–H groups in total. The molecule has 6 nitrogen and oxygen atoms in total. The first-order valence-corrected chi connectivity index (χ1v) is 9.40. The number of hydrogen-bond donors (Lipinski definition) is 0. The molecule has 2 aromatic rings. The van der Waals surface area contributed by atoms with Gasteiger partial charge in [-0.15, -0.1) is 0 Å². The molecule has 3 rings (SSSR count). The number of thioether (sulfide) groups is 1. The molecule has 1 aliphatic heterocycles. The van der Waals surface area contributed by atoms with Gasteiger partial charge in [0.25, 0.3) is 5.91 Å². The third-order valence-electron chi connectivity index (χ3n) is 3.88. The number of carbonyl (C=O) groups excluding carboxylic acids is 1. The first kappa shape index (κ1) is 19.3. The number of benzene rings is 1. The zero-order chi connectivity index (χ0) is 19.4. The minimum atomic E-state index is -0.119. The standard InChI is InChI=1S/C19H18ClN3O3S/c1-4-23-18(24)15(11-12-7-5-9-14(25-2)16(12)26-3)27-19(23)22-13-8-6-10-21-17(13)20/h5-11H,4H2,1-3H3/b15-11-,22-19?. The molecule has 8 heteroatoms. The van der Waals surface area contributed by atoms with Crippen LogP contribution >= 0.6 is 23.4 Å². The molecule has 0 unspecified atom stereocenters. The summed E-state index contributed by atoms with van der Waals surface area (Å²) in [4.78, 5) is 23.5. The number of amides is 1. The van der Waals surface area contributed by atoms with E-state index in [0.717, 1.165) is 5.56 Å². The number of rotatable bonds is 5. The van der Waals surface area contributed by atoms with Crippen molar-refractivity contribution in [1.29, 1.82) is 0 Å². The van der Waals surface area contributed by atoms with Gasteiger partial charge in [0.2, 0.25) is 0 Å². The van der Waals surface area contributed by atoms with Crippen molar-refractivity contribution in [3.05, 3.63) is 52.2 Å². The minimum absolute atomic E-state index is 0.119. The molecule has 1 amide bonds. The lowest BCUT2D eigenvalue weighted by Crippen LogP contribution is -2.28. The summed E-state index contributed by atoms with van der Waals surface area (Å²) in [6.45, 7) is 2.39. The Labute approximate surface area is 166 Å². The summed E-state index contributed by atoms with van der Waals surface area (Å²) in [7, 11) is 3.14. The number of aliphatic imine (C=N–C) groups is 1. The number of amidine groups is 1. The van der Waals surface area contributed by atoms with E-state index < -0.39 is 0 Å². The number of para-hydroxylation sites is 1. The molecule has 0 saturated carbocycles. The van der Waals surface area contributed by atoms with Gasteiger partial charge in [-0.05, 0) is 43.0 Å². The van der Waals surface area contributed by atoms with E-state index in [1.54, 1.807) is 49.6 Å². The lowest BCUT2D eigenvalue weighted by Gasteiger charge is -2.12. The summed E-state index contributed by atoms with van der Waals surface area (Å²) in [6.07, 6.45) is 3.38. The molecule has 0 spiro atoms. The summed E-state index contributed by atoms with van der Waals surface area (Å²) in [5, 5.41) is 0.853. The molecule has 0 aliphatic carbocycles. The second kappa shape index (κ2) is 8.45. The Morgan fingerprint density at radius 3 is 2.74 bits per heavy atom. The predicted octanol–water partition coefficient (Wildman–Crippen LogP) is 4.38. The van der Waals surface area contributed by atoms with Crippen LogP contribution in [0.15, 0.2) is 46.4 Å². The van der Waals surface area contributed by atoms with Gasteiger partial charge in [0.05, 0.1) is 19.1 Å². The Morgan fingerprint density at radius 1 is 1.26 bits per heavy atom. The number of ether oxygens (including phenoxy) is 2. The van der Waals surface area contributed by atoms with Crippen molar-refractivity contribution in [3.63, 3.8) is 0 Å². The Bertz CT molecular complexity index is 930. The second-order valence-electron chi connectivity index (χ2n) is 5.45. The van der Waals surface area contributed by atoms with Gasteiger partial charge in [0.15, 0.2) is 21.8 Å². The summed E-state index contributed by atoms with van der Waals surface area (Å²) in [5.41, 5.74) is 1.28. The lowest BCUT2D eigenvalue weighted by molar-refractivity contribution is -0.122. The van der Waals surface area contributed by atoms with E-state index in [9.17, 15) is 4.79 Å². The Balaban J connectivity index is 2.01. The van der Waals surface area contributed by atoms with Gasteiger partial charge in [-0.1, -0.05) is 23.7 Å². The molecule has 27 heavy (non-hydrogen) atoms. The topological polar surface area (TPSA) is 64.0 Å². The highest BCUT2D eigenvalue weighted by molar-refractivity contribution is 8.18. The summed E-state index contributed by atoms with van der Waals surface area (Å²) in [6, 6.07) is 9.03. The number of carbonyl (C=O) groups is 1. The van der Waals surface area contributed by atoms with Crippen molar-refractivity contribution in [2.75, 3.05) is 20.8 Å². The third kappa shape index (κ3) is 3.94. The zero-order valence-corrected chi connectivity index (χ0v) is 16.7. The molecule has 0 radical (unpaired) electrons. The van der Waals surface area contributed by atoms with Crippen LogP contribution < -0.4 is 9.47 Å². The fourth-order valence-electron chi connectivity index (χ4n) is 2.60. The third-order valence-corrected chi connectivity index (χ3v) is 5.18. The first-order valence-electron chi connectivity index (χ1n) is 8.20. The highest BCUT2D eigenvalue weighted by Gasteiger charge is 2.32. The number of hydrogen-bond acceptors (Lipinski definition) is 6. The highest BCUT2D eigenvalue weighted by atomic mass is 35.5. The lowest BCUT2D eigenvalue weighted by atomic mass is 10.1. The van der Waals surface area contributed by atoms with Gasteiger partial charge in [-0.3, -0.25) is 9.69 Å². The van der Waals surface area contributed by atoms with Gasteiger partial charge in [-0.2, -0.15) is 0 Å². The first-order chi connectivity index (χ1) is 13.1. The van der Waals surface area contributed by atoms with Gasteiger partial charge in [-0.25, -0.2) is 9.98 Å². The van der Waals surface area contributed by atoms with Gasteiger partial charge < -0.3 is 9.47 Å². The van der Waals surface area contributed by atoms with Crippen molar-refractivity contribution in [2.45, 2.75) is 6.92 Å². The maximum atomic E-state index is 12.8. The molecule has 140 valence electrons. The number of methoxy groups -OCH3 is 2. The smallest absolute Gasteiger partial charge is 0.266 e. The SMILES string of the molecule is CCN1C(=O)/C(=C/c2cccc(OC)c2OC)SC1=Nc1cccnc1Cl. The molecule has 1 aromatic carbocycles. The molecule has 1 aromatic heterocycles. The van der Waals surface area contributed by atoms with E-state index in [4.69, 9.17) is 21.1 Å². The number of likely N-dealkylation sites (N-methyl/N-ethyl adjacent to an activating group) is 1. The van der Waals surface area contributed by atoms with Crippen molar-refractivity contribution >= 4 is 46.2 Å². The normalized spacial score (nSPS) is 17.0. The van der Waals surface area contributed by atoms with E-state index in [0.29, 0.717) is 39.0 Å². The van der Waals surface area contributed by atoms with Crippen LogP contribution in [0.3, 0.4) is 0 Å². The van der Waals surface area contributed by atoms with Gasteiger partial charge in [0.1, 0.15) is 5.69 Å². The minimum Gasteiger partial charge on any atom is -0.493 e. The largest absolute Gasteiger partial charge is 0.493 e.